The SMILES string of the molecule is CC(=O)Cc1cc(-c2cncc(NCC3CCOCC3)n2)c(Cl)cn1. The minimum absolute atomic E-state index is 0.0544. The van der Waals surface area contributed by atoms with Gasteiger partial charge in [0.25, 0.3) is 0 Å². The first-order valence-corrected chi connectivity index (χ1v) is 8.77. The summed E-state index contributed by atoms with van der Waals surface area (Å²) in [5, 5.41) is 3.84. The van der Waals surface area contributed by atoms with Crippen LogP contribution >= 0.6 is 11.6 Å². The lowest BCUT2D eigenvalue weighted by atomic mass is 10.0. The Kier molecular flexibility index (Phi) is 5.94. The number of anilines is 1. The Morgan fingerprint density at radius 3 is 2.88 bits per heavy atom. The van der Waals surface area contributed by atoms with Crippen LogP contribution in [0.3, 0.4) is 0 Å². The summed E-state index contributed by atoms with van der Waals surface area (Å²) in [6.07, 6.45) is 7.32. The summed E-state index contributed by atoms with van der Waals surface area (Å²) in [4.78, 5) is 24.4. The quantitative estimate of drug-likeness (QED) is 0.852. The zero-order valence-corrected chi connectivity index (χ0v) is 14.9. The first-order valence-electron chi connectivity index (χ1n) is 8.39. The molecule has 1 saturated heterocycles. The Balaban J connectivity index is 1.75. The molecule has 0 saturated carbocycles. The molecule has 0 spiro atoms. The minimum atomic E-state index is 0.0544. The first-order chi connectivity index (χ1) is 12.1. The average molecular weight is 361 g/mol. The van der Waals surface area contributed by atoms with E-state index in [-0.39, 0.29) is 12.2 Å². The second-order valence-corrected chi connectivity index (χ2v) is 6.67. The van der Waals surface area contributed by atoms with Crippen molar-refractivity contribution in [1.29, 1.82) is 0 Å². The van der Waals surface area contributed by atoms with Gasteiger partial charge in [-0.2, -0.15) is 0 Å². The molecule has 25 heavy (non-hydrogen) atoms. The smallest absolute Gasteiger partial charge is 0.145 e. The molecule has 0 aromatic carbocycles. The molecule has 7 heteroatoms. The van der Waals surface area contributed by atoms with Crippen LogP contribution < -0.4 is 5.32 Å². The van der Waals surface area contributed by atoms with Gasteiger partial charge in [0.1, 0.15) is 11.6 Å². The second kappa shape index (κ2) is 8.36. The molecule has 6 nitrogen and oxygen atoms in total. The van der Waals surface area contributed by atoms with E-state index in [0.29, 0.717) is 28.1 Å². The van der Waals surface area contributed by atoms with Crippen LogP contribution in [-0.2, 0) is 16.0 Å². The van der Waals surface area contributed by atoms with E-state index in [9.17, 15) is 4.79 Å². The van der Waals surface area contributed by atoms with Gasteiger partial charge in [0.2, 0.25) is 0 Å². The van der Waals surface area contributed by atoms with Crippen LogP contribution in [-0.4, -0.2) is 40.5 Å². The molecule has 0 bridgehead atoms. The Hall–Kier alpha value is -2.05. The van der Waals surface area contributed by atoms with Gasteiger partial charge in [0, 0.05) is 43.6 Å². The van der Waals surface area contributed by atoms with Crippen LogP contribution in [0.5, 0.6) is 0 Å². The topological polar surface area (TPSA) is 77.0 Å². The number of ether oxygens (including phenoxy) is 1. The standard InChI is InChI=1S/C18H21ClN4O2/c1-12(24)6-14-7-15(16(19)9-21-14)17-10-20-11-18(23-17)22-8-13-2-4-25-5-3-13/h7,9-11,13H,2-6,8H2,1H3,(H,22,23). The fourth-order valence-corrected chi connectivity index (χ4v) is 3.01. The number of Topliss-reactive ketones (excluding diaryl/α,β-unsaturated/α-hetero) is 1. The van der Waals surface area contributed by atoms with Gasteiger partial charge in [-0.1, -0.05) is 11.6 Å². The van der Waals surface area contributed by atoms with E-state index >= 15 is 0 Å². The number of halogens is 1. The lowest BCUT2D eigenvalue weighted by Crippen LogP contribution is -2.23. The van der Waals surface area contributed by atoms with Gasteiger partial charge < -0.3 is 10.1 Å². The largest absolute Gasteiger partial charge is 0.381 e. The summed E-state index contributed by atoms with van der Waals surface area (Å²) in [7, 11) is 0. The molecule has 2 aromatic heterocycles. The Labute approximate surface area is 152 Å². The van der Waals surface area contributed by atoms with Gasteiger partial charge in [-0.05, 0) is 31.7 Å². The van der Waals surface area contributed by atoms with Gasteiger partial charge in [-0.15, -0.1) is 0 Å². The maximum absolute atomic E-state index is 11.3. The van der Waals surface area contributed by atoms with E-state index in [1.54, 1.807) is 24.7 Å². The van der Waals surface area contributed by atoms with Crippen LogP contribution in [0.1, 0.15) is 25.5 Å². The molecule has 1 fully saturated rings. The van der Waals surface area contributed by atoms with E-state index in [2.05, 4.69) is 20.3 Å². The molecule has 0 unspecified atom stereocenters. The highest BCUT2D eigenvalue weighted by Crippen LogP contribution is 2.27. The van der Waals surface area contributed by atoms with Gasteiger partial charge in [-0.25, -0.2) is 4.98 Å². The normalized spacial score (nSPS) is 15.1. The van der Waals surface area contributed by atoms with Crippen LogP contribution in [0, 0.1) is 5.92 Å². The maximum atomic E-state index is 11.3. The Morgan fingerprint density at radius 1 is 1.32 bits per heavy atom. The molecule has 2 aromatic rings. The van der Waals surface area contributed by atoms with E-state index in [1.165, 1.54) is 6.92 Å². The molecule has 3 rings (SSSR count). The number of nitrogens with one attached hydrogen (secondary N) is 1. The van der Waals surface area contributed by atoms with Gasteiger partial charge >= 0.3 is 0 Å². The predicted molar refractivity (Wildman–Crippen MR) is 96.7 cm³/mol. The van der Waals surface area contributed by atoms with Crippen molar-refractivity contribution in [3.8, 4) is 11.3 Å². The van der Waals surface area contributed by atoms with Crippen LogP contribution in [0.15, 0.2) is 24.7 Å². The van der Waals surface area contributed by atoms with E-state index in [0.717, 1.165) is 38.2 Å². The molecule has 0 amide bonds. The van der Waals surface area contributed by atoms with Gasteiger partial charge in [0.15, 0.2) is 0 Å². The number of hydrogen-bond acceptors (Lipinski definition) is 6. The molecule has 3 heterocycles. The number of ketones is 1. The third-order valence-electron chi connectivity index (χ3n) is 4.17. The number of nitrogens with zero attached hydrogens (tertiary/aromatic N) is 3. The van der Waals surface area contributed by atoms with Crippen molar-refractivity contribution in [2.45, 2.75) is 26.2 Å². The van der Waals surface area contributed by atoms with Crippen molar-refractivity contribution in [1.82, 2.24) is 15.0 Å². The third kappa shape index (κ3) is 4.96. The van der Waals surface area contributed by atoms with E-state index in [1.807, 2.05) is 0 Å². The summed E-state index contributed by atoms with van der Waals surface area (Å²) in [6.45, 7) is 4.03. The summed E-state index contributed by atoms with van der Waals surface area (Å²) in [6, 6.07) is 1.80. The first kappa shape index (κ1) is 17.8. The Bertz CT molecular complexity index is 748. The number of pyridine rings is 1. The van der Waals surface area contributed by atoms with Gasteiger partial charge in [-0.3, -0.25) is 14.8 Å². The van der Waals surface area contributed by atoms with Crippen molar-refractivity contribution < 1.29 is 9.53 Å². The van der Waals surface area contributed by atoms with Crippen molar-refractivity contribution in [2.24, 2.45) is 5.92 Å². The van der Waals surface area contributed by atoms with Gasteiger partial charge in [0.05, 0.1) is 23.1 Å². The molecule has 1 N–H and O–H groups in total. The Morgan fingerprint density at radius 2 is 2.12 bits per heavy atom. The summed E-state index contributed by atoms with van der Waals surface area (Å²) >= 11 is 6.27. The highest BCUT2D eigenvalue weighted by Gasteiger charge is 2.14. The molecular weight excluding hydrogens is 340 g/mol. The van der Waals surface area contributed by atoms with E-state index in [4.69, 9.17) is 16.3 Å². The summed E-state index contributed by atoms with van der Waals surface area (Å²) in [5.41, 5.74) is 2.07. The highest BCUT2D eigenvalue weighted by molar-refractivity contribution is 6.33. The monoisotopic (exact) mass is 360 g/mol. The van der Waals surface area contributed by atoms with Crippen LogP contribution in [0.25, 0.3) is 11.3 Å². The molecule has 0 aliphatic carbocycles. The molecule has 1 aliphatic rings. The molecule has 1 aliphatic heterocycles. The fourth-order valence-electron chi connectivity index (χ4n) is 2.81. The summed E-state index contributed by atoms with van der Waals surface area (Å²) < 4.78 is 5.38. The molecule has 0 atom stereocenters. The second-order valence-electron chi connectivity index (χ2n) is 6.26. The fraction of sp³-hybridized carbons (Fsp3) is 0.444. The molecule has 132 valence electrons. The van der Waals surface area contributed by atoms with Crippen molar-refractivity contribution in [3.05, 3.63) is 35.4 Å². The molecule has 0 radical (unpaired) electrons. The number of carbonyl (C=O) groups is 1. The third-order valence-corrected chi connectivity index (χ3v) is 4.47. The van der Waals surface area contributed by atoms with Crippen molar-refractivity contribution in [3.63, 3.8) is 0 Å². The van der Waals surface area contributed by atoms with E-state index < -0.39 is 0 Å². The van der Waals surface area contributed by atoms with Crippen molar-refractivity contribution in [2.75, 3.05) is 25.1 Å². The summed E-state index contributed by atoms with van der Waals surface area (Å²) in [5.74, 6) is 1.36. The number of hydrogen-bond donors (Lipinski definition) is 1. The van der Waals surface area contributed by atoms with Crippen molar-refractivity contribution >= 4 is 23.2 Å². The lowest BCUT2D eigenvalue weighted by Gasteiger charge is -2.22. The van der Waals surface area contributed by atoms with Crippen LogP contribution in [0.2, 0.25) is 5.02 Å². The molecular formula is C18H21ClN4O2. The zero-order valence-electron chi connectivity index (χ0n) is 14.2. The lowest BCUT2D eigenvalue weighted by molar-refractivity contribution is -0.116. The highest BCUT2D eigenvalue weighted by atomic mass is 35.5. The number of rotatable bonds is 6. The predicted octanol–water partition coefficient (Wildman–Crippen LogP) is 3.16. The minimum Gasteiger partial charge on any atom is -0.381 e. The number of carbonyl (C=O) groups excluding carboxylic acids is 1. The van der Waals surface area contributed by atoms with Crippen LogP contribution in [0.4, 0.5) is 5.82 Å². The maximum Gasteiger partial charge on any atom is 0.145 e. The average Bonchev–Trinajstić information content (AvgIpc) is 2.62. The zero-order chi connectivity index (χ0) is 17.6. The number of aromatic nitrogens is 3.